The zero-order valence-corrected chi connectivity index (χ0v) is 11.6. The van der Waals surface area contributed by atoms with Crippen LogP contribution in [0.5, 0.6) is 0 Å². The number of aliphatic hydroxyl groups is 1. The third-order valence-corrected chi connectivity index (χ3v) is 3.67. The van der Waals surface area contributed by atoms with Crippen LogP contribution < -0.4 is 4.90 Å². The second-order valence-corrected chi connectivity index (χ2v) is 5.37. The van der Waals surface area contributed by atoms with Crippen LogP contribution in [-0.2, 0) is 0 Å². The average Bonchev–Trinajstić information content (AvgIpc) is 2.85. The molecule has 1 aromatic heterocycles. The summed E-state index contributed by atoms with van der Waals surface area (Å²) in [6.45, 7) is 0.325. The molecule has 0 saturated carbocycles. The maximum Gasteiger partial charge on any atom is 0.225 e. The number of aliphatic hydroxyl groups excluding tert-OH is 1. The van der Waals surface area contributed by atoms with Crippen molar-refractivity contribution in [2.24, 2.45) is 0 Å². The molecule has 4 nitrogen and oxygen atoms in total. The largest absolute Gasteiger partial charge is 0.391 e. The molecule has 1 aromatic carbocycles. The highest BCUT2D eigenvalue weighted by Gasteiger charge is 2.34. The molecule has 0 amide bonds. The third kappa shape index (κ3) is 2.82. The third-order valence-electron chi connectivity index (χ3n) is 3.47. The highest BCUT2D eigenvalue weighted by Crippen LogP contribution is 2.35. The number of benzene rings is 1. The first-order chi connectivity index (χ1) is 10.0. The lowest BCUT2D eigenvalue weighted by Gasteiger charge is -2.24. The molecular formula is C14H12ClF2N3O. The molecule has 1 saturated heterocycles. The van der Waals surface area contributed by atoms with Gasteiger partial charge >= 0.3 is 0 Å². The summed E-state index contributed by atoms with van der Waals surface area (Å²) in [5.74, 6) is -1.41. The summed E-state index contributed by atoms with van der Waals surface area (Å²) in [5.41, 5.74) is 0.573. The van der Waals surface area contributed by atoms with E-state index in [2.05, 4.69) is 9.97 Å². The fourth-order valence-electron chi connectivity index (χ4n) is 2.52. The van der Waals surface area contributed by atoms with E-state index in [0.29, 0.717) is 29.5 Å². The van der Waals surface area contributed by atoms with Gasteiger partial charge in [0.25, 0.3) is 0 Å². The predicted molar refractivity (Wildman–Crippen MR) is 74.1 cm³/mol. The van der Waals surface area contributed by atoms with Gasteiger partial charge in [0.05, 0.1) is 29.6 Å². The van der Waals surface area contributed by atoms with Crippen molar-refractivity contribution >= 4 is 17.5 Å². The van der Waals surface area contributed by atoms with Crippen molar-refractivity contribution in [3.8, 4) is 0 Å². The van der Waals surface area contributed by atoms with E-state index in [0.717, 1.165) is 12.1 Å². The minimum absolute atomic E-state index is 0.309. The van der Waals surface area contributed by atoms with Gasteiger partial charge in [-0.3, -0.25) is 0 Å². The zero-order chi connectivity index (χ0) is 15.0. The van der Waals surface area contributed by atoms with Crippen molar-refractivity contribution in [2.75, 3.05) is 11.4 Å². The molecule has 1 aliphatic rings. The Labute approximate surface area is 125 Å². The second kappa shape index (κ2) is 5.54. The van der Waals surface area contributed by atoms with Crippen molar-refractivity contribution in [3.05, 3.63) is 52.8 Å². The maximum absolute atomic E-state index is 13.4. The van der Waals surface area contributed by atoms with Crippen LogP contribution in [-0.4, -0.2) is 27.7 Å². The molecule has 0 aliphatic carbocycles. The van der Waals surface area contributed by atoms with E-state index in [9.17, 15) is 13.9 Å². The number of halogens is 3. The minimum Gasteiger partial charge on any atom is -0.391 e. The Morgan fingerprint density at radius 1 is 1.19 bits per heavy atom. The standard InChI is InChI=1S/C14H12ClF2N3O/c15-9-5-18-14(19-6-9)20-7-10(21)4-13(20)8-1-2-11(16)12(17)3-8/h1-3,5-6,10,13,21H,4,7H2/t10-,13+/m1/s1. The summed E-state index contributed by atoms with van der Waals surface area (Å²) in [6, 6.07) is 3.41. The summed E-state index contributed by atoms with van der Waals surface area (Å²) in [4.78, 5) is 9.99. The number of nitrogens with zero attached hydrogens (tertiary/aromatic N) is 3. The van der Waals surface area contributed by atoms with Gasteiger partial charge in [-0.15, -0.1) is 0 Å². The van der Waals surface area contributed by atoms with Crippen molar-refractivity contribution in [2.45, 2.75) is 18.6 Å². The lowest BCUT2D eigenvalue weighted by atomic mass is 10.0. The smallest absolute Gasteiger partial charge is 0.225 e. The molecule has 1 N–H and O–H groups in total. The normalized spacial score (nSPS) is 21.8. The molecular weight excluding hydrogens is 300 g/mol. The van der Waals surface area contributed by atoms with Crippen LogP contribution in [0.2, 0.25) is 5.02 Å². The molecule has 0 bridgehead atoms. The fourth-order valence-corrected chi connectivity index (χ4v) is 2.62. The molecule has 2 heterocycles. The number of rotatable bonds is 2. The van der Waals surface area contributed by atoms with Gasteiger partial charge in [-0.2, -0.15) is 0 Å². The Kier molecular flexibility index (Phi) is 3.73. The van der Waals surface area contributed by atoms with E-state index in [-0.39, 0.29) is 6.04 Å². The molecule has 3 rings (SSSR count). The average molecular weight is 312 g/mol. The van der Waals surface area contributed by atoms with Crippen LogP contribution in [0.3, 0.4) is 0 Å². The number of anilines is 1. The summed E-state index contributed by atoms with van der Waals surface area (Å²) in [7, 11) is 0. The number of hydrogen-bond donors (Lipinski definition) is 1. The Balaban J connectivity index is 1.95. The van der Waals surface area contributed by atoms with Crippen LogP contribution in [0.25, 0.3) is 0 Å². The molecule has 0 unspecified atom stereocenters. The quantitative estimate of drug-likeness (QED) is 0.926. The van der Waals surface area contributed by atoms with Crippen molar-refractivity contribution < 1.29 is 13.9 Å². The molecule has 7 heteroatoms. The SMILES string of the molecule is O[C@@H]1C[C@@H](c2ccc(F)c(F)c2)N(c2ncc(Cl)cn2)C1. The monoisotopic (exact) mass is 311 g/mol. The highest BCUT2D eigenvalue weighted by atomic mass is 35.5. The summed E-state index contributed by atoms with van der Waals surface area (Å²) in [5, 5.41) is 10.3. The molecule has 0 spiro atoms. The highest BCUT2D eigenvalue weighted by molar-refractivity contribution is 6.30. The molecule has 1 aliphatic heterocycles. The number of aromatic nitrogens is 2. The van der Waals surface area contributed by atoms with Crippen LogP contribution in [0.15, 0.2) is 30.6 Å². The first-order valence-corrected chi connectivity index (χ1v) is 6.79. The van der Waals surface area contributed by atoms with Gasteiger partial charge in [0, 0.05) is 6.54 Å². The minimum atomic E-state index is -0.911. The van der Waals surface area contributed by atoms with E-state index in [1.807, 2.05) is 0 Å². The van der Waals surface area contributed by atoms with E-state index in [1.165, 1.54) is 18.5 Å². The first-order valence-electron chi connectivity index (χ1n) is 6.42. The Morgan fingerprint density at radius 2 is 1.90 bits per heavy atom. The Morgan fingerprint density at radius 3 is 2.57 bits per heavy atom. The van der Waals surface area contributed by atoms with Crippen LogP contribution in [0.1, 0.15) is 18.0 Å². The maximum atomic E-state index is 13.4. The van der Waals surface area contributed by atoms with Crippen molar-refractivity contribution in [1.82, 2.24) is 9.97 Å². The number of hydrogen-bond acceptors (Lipinski definition) is 4. The summed E-state index contributed by atoms with van der Waals surface area (Å²) >= 11 is 5.75. The van der Waals surface area contributed by atoms with Gasteiger partial charge in [-0.25, -0.2) is 18.7 Å². The summed E-state index contributed by atoms with van der Waals surface area (Å²) < 4.78 is 26.5. The molecule has 2 atom stereocenters. The first kappa shape index (κ1) is 14.2. The van der Waals surface area contributed by atoms with Gasteiger partial charge in [-0.05, 0) is 24.1 Å². The Bertz CT molecular complexity index is 653. The van der Waals surface area contributed by atoms with Gasteiger partial charge in [0.2, 0.25) is 5.95 Å². The van der Waals surface area contributed by atoms with Crippen molar-refractivity contribution in [1.29, 1.82) is 0 Å². The zero-order valence-electron chi connectivity index (χ0n) is 10.9. The molecule has 110 valence electrons. The number of β-amino-alcohol motifs (C(OH)–C–C–N with tert-alkyl or cyclic N) is 1. The lowest BCUT2D eigenvalue weighted by Crippen LogP contribution is -2.26. The van der Waals surface area contributed by atoms with Gasteiger partial charge in [0.15, 0.2) is 11.6 Å². The molecule has 2 aromatic rings. The molecule has 21 heavy (non-hydrogen) atoms. The second-order valence-electron chi connectivity index (χ2n) is 4.93. The van der Waals surface area contributed by atoms with E-state index < -0.39 is 17.7 Å². The topological polar surface area (TPSA) is 49.2 Å². The lowest BCUT2D eigenvalue weighted by molar-refractivity contribution is 0.194. The van der Waals surface area contributed by atoms with E-state index in [4.69, 9.17) is 11.6 Å². The fraction of sp³-hybridized carbons (Fsp3) is 0.286. The van der Waals surface area contributed by atoms with Crippen LogP contribution in [0, 0.1) is 11.6 Å². The van der Waals surface area contributed by atoms with Crippen LogP contribution >= 0.6 is 11.6 Å². The van der Waals surface area contributed by atoms with E-state index in [1.54, 1.807) is 4.90 Å². The molecule has 0 radical (unpaired) electrons. The van der Waals surface area contributed by atoms with Gasteiger partial charge in [-0.1, -0.05) is 17.7 Å². The Hall–Kier alpha value is -1.79. The van der Waals surface area contributed by atoms with Crippen LogP contribution in [0.4, 0.5) is 14.7 Å². The van der Waals surface area contributed by atoms with Crippen molar-refractivity contribution in [3.63, 3.8) is 0 Å². The van der Waals surface area contributed by atoms with Gasteiger partial charge in [0.1, 0.15) is 0 Å². The summed E-state index contributed by atoms with van der Waals surface area (Å²) in [6.07, 6.45) is 2.73. The predicted octanol–water partition coefficient (Wildman–Crippen LogP) is 2.72. The van der Waals surface area contributed by atoms with Gasteiger partial charge < -0.3 is 10.0 Å². The molecule has 1 fully saturated rings. The van der Waals surface area contributed by atoms with E-state index >= 15 is 0 Å².